The molecule has 1 atom stereocenters. The molecule has 0 aromatic carbocycles. The Morgan fingerprint density at radius 1 is 1.36 bits per heavy atom. The quantitative estimate of drug-likeness (QED) is 0.682. The van der Waals surface area contributed by atoms with Crippen LogP contribution in [0.1, 0.15) is 13.8 Å². The predicted octanol–water partition coefficient (Wildman–Crippen LogP) is 0.0431. The highest BCUT2D eigenvalue weighted by Gasteiger charge is 2.33. The van der Waals surface area contributed by atoms with Gasteiger partial charge in [-0.25, -0.2) is 0 Å². The molecule has 0 aliphatic carbocycles. The molecule has 14 heavy (non-hydrogen) atoms. The van der Waals surface area contributed by atoms with E-state index in [0.717, 1.165) is 39.3 Å². The molecule has 0 bridgehead atoms. The summed E-state index contributed by atoms with van der Waals surface area (Å²) < 4.78 is 11.3. The summed E-state index contributed by atoms with van der Waals surface area (Å²) in [6, 6.07) is 0. The summed E-state index contributed by atoms with van der Waals surface area (Å²) in [7, 11) is 0. The third kappa shape index (κ3) is 2.67. The first kappa shape index (κ1) is 10.4. The van der Waals surface area contributed by atoms with Gasteiger partial charge in [0.15, 0.2) is 5.79 Å². The molecule has 82 valence electrons. The van der Waals surface area contributed by atoms with Gasteiger partial charge in [-0.1, -0.05) is 0 Å². The molecule has 0 aromatic rings. The van der Waals surface area contributed by atoms with Crippen molar-refractivity contribution in [2.75, 3.05) is 39.3 Å². The predicted molar refractivity (Wildman–Crippen MR) is 54.2 cm³/mol. The Labute approximate surface area is 85.5 Å². The van der Waals surface area contributed by atoms with Gasteiger partial charge >= 0.3 is 0 Å². The lowest BCUT2D eigenvalue weighted by Crippen LogP contribution is -2.46. The van der Waals surface area contributed by atoms with E-state index in [-0.39, 0.29) is 11.9 Å². The van der Waals surface area contributed by atoms with Crippen molar-refractivity contribution in [1.82, 2.24) is 10.2 Å². The summed E-state index contributed by atoms with van der Waals surface area (Å²) in [5.74, 6) is -0.376. The van der Waals surface area contributed by atoms with Gasteiger partial charge in [0.05, 0.1) is 12.7 Å². The zero-order chi connectivity index (χ0) is 10.0. The molecule has 2 aliphatic heterocycles. The smallest absolute Gasteiger partial charge is 0.163 e. The highest BCUT2D eigenvalue weighted by molar-refractivity contribution is 4.77. The van der Waals surface area contributed by atoms with Crippen molar-refractivity contribution in [3.63, 3.8) is 0 Å². The number of ether oxygens (including phenoxy) is 2. The van der Waals surface area contributed by atoms with Gasteiger partial charge in [0.2, 0.25) is 0 Å². The summed E-state index contributed by atoms with van der Waals surface area (Å²) in [6.45, 7) is 10.1. The second kappa shape index (κ2) is 4.14. The number of rotatable bonds is 2. The lowest BCUT2D eigenvalue weighted by molar-refractivity contribution is -0.140. The lowest BCUT2D eigenvalue weighted by Gasteiger charge is -2.29. The summed E-state index contributed by atoms with van der Waals surface area (Å²) in [5, 5.41) is 3.34. The van der Waals surface area contributed by atoms with Crippen LogP contribution < -0.4 is 5.32 Å². The van der Waals surface area contributed by atoms with E-state index in [1.54, 1.807) is 0 Å². The minimum Gasteiger partial charge on any atom is -0.348 e. The van der Waals surface area contributed by atoms with E-state index in [0.29, 0.717) is 0 Å². The third-order valence-corrected chi connectivity index (χ3v) is 2.74. The Bertz CT molecular complexity index is 191. The van der Waals surface area contributed by atoms with Crippen LogP contribution in [0.4, 0.5) is 0 Å². The first-order valence-corrected chi connectivity index (χ1v) is 5.40. The Balaban J connectivity index is 1.75. The molecule has 2 rings (SSSR count). The van der Waals surface area contributed by atoms with E-state index in [1.165, 1.54) is 0 Å². The monoisotopic (exact) mass is 200 g/mol. The van der Waals surface area contributed by atoms with Crippen molar-refractivity contribution in [2.24, 2.45) is 0 Å². The van der Waals surface area contributed by atoms with Crippen LogP contribution in [0.2, 0.25) is 0 Å². The maximum Gasteiger partial charge on any atom is 0.163 e. The molecule has 4 nitrogen and oxygen atoms in total. The molecule has 0 unspecified atom stereocenters. The fourth-order valence-corrected chi connectivity index (χ4v) is 2.03. The maximum absolute atomic E-state index is 5.77. The average Bonchev–Trinajstić information content (AvgIpc) is 2.47. The van der Waals surface area contributed by atoms with Crippen molar-refractivity contribution >= 4 is 0 Å². The zero-order valence-corrected chi connectivity index (χ0v) is 9.08. The number of hydrogen-bond donors (Lipinski definition) is 1. The molecule has 0 saturated carbocycles. The normalized spacial score (nSPS) is 33.4. The van der Waals surface area contributed by atoms with Gasteiger partial charge in [0.1, 0.15) is 0 Å². The van der Waals surface area contributed by atoms with E-state index in [9.17, 15) is 0 Å². The van der Waals surface area contributed by atoms with Crippen molar-refractivity contribution in [1.29, 1.82) is 0 Å². The minimum absolute atomic E-state index is 0.253. The SMILES string of the molecule is CC1(C)OC[C@@H](CN2CCNCC2)O1. The van der Waals surface area contributed by atoms with Gasteiger partial charge < -0.3 is 14.8 Å². The third-order valence-electron chi connectivity index (χ3n) is 2.74. The summed E-state index contributed by atoms with van der Waals surface area (Å²) in [5.41, 5.74) is 0. The van der Waals surface area contributed by atoms with Crippen molar-refractivity contribution in [3.8, 4) is 0 Å². The van der Waals surface area contributed by atoms with Crippen LogP contribution in [-0.4, -0.2) is 56.1 Å². The molecule has 0 amide bonds. The van der Waals surface area contributed by atoms with Gasteiger partial charge in [-0.3, -0.25) is 4.90 Å². The zero-order valence-electron chi connectivity index (χ0n) is 9.08. The number of piperazine rings is 1. The molecule has 1 N–H and O–H groups in total. The van der Waals surface area contributed by atoms with Gasteiger partial charge in [-0.05, 0) is 13.8 Å². The summed E-state index contributed by atoms with van der Waals surface area (Å²) >= 11 is 0. The van der Waals surface area contributed by atoms with Crippen molar-refractivity contribution < 1.29 is 9.47 Å². The Morgan fingerprint density at radius 3 is 2.64 bits per heavy atom. The van der Waals surface area contributed by atoms with Gasteiger partial charge in [-0.2, -0.15) is 0 Å². The second-order valence-corrected chi connectivity index (χ2v) is 4.50. The first-order chi connectivity index (χ1) is 6.66. The molecular weight excluding hydrogens is 180 g/mol. The highest BCUT2D eigenvalue weighted by Crippen LogP contribution is 2.22. The van der Waals surface area contributed by atoms with Gasteiger partial charge in [0, 0.05) is 32.7 Å². The van der Waals surface area contributed by atoms with Crippen LogP contribution in [0.5, 0.6) is 0 Å². The molecule has 0 aromatic heterocycles. The molecule has 2 aliphatic rings. The minimum atomic E-state index is -0.376. The molecule has 2 saturated heterocycles. The van der Waals surface area contributed by atoms with E-state index in [2.05, 4.69) is 10.2 Å². The number of nitrogens with zero attached hydrogens (tertiary/aromatic N) is 1. The molecule has 0 radical (unpaired) electrons. The standard InChI is InChI=1S/C10H20N2O2/c1-10(2)13-8-9(14-10)7-12-5-3-11-4-6-12/h9,11H,3-8H2,1-2H3/t9-/m1/s1. The fourth-order valence-electron chi connectivity index (χ4n) is 2.03. The van der Waals surface area contributed by atoms with Crippen molar-refractivity contribution in [2.45, 2.75) is 25.7 Å². The fraction of sp³-hybridized carbons (Fsp3) is 1.00. The van der Waals surface area contributed by atoms with Gasteiger partial charge in [-0.15, -0.1) is 0 Å². The van der Waals surface area contributed by atoms with Crippen LogP contribution in [0.15, 0.2) is 0 Å². The topological polar surface area (TPSA) is 33.7 Å². The molecule has 2 fully saturated rings. The highest BCUT2D eigenvalue weighted by atomic mass is 16.7. The van der Waals surface area contributed by atoms with Crippen LogP contribution in [-0.2, 0) is 9.47 Å². The Hall–Kier alpha value is -0.160. The van der Waals surface area contributed by atoms with E-state index in [1.807, 2.05) is 13.8 Å². The van der Waals surface area contributed by atoms with Crippen molar-refractivity contribution in [3.05, 3.63) is 0 Å². The van der Waals surface area contributed by atoms with Crippen LogP contribution >= 0.6 is 0 Å². The molecule has 0 spiro atoms. The van der Waals surface area contributed by atoms with E-state index in [4.69, 9.17) is 9.47 Å². The summed E-state index contributed by atoms with van der Waals surface area (Å²) in [6.07, 6.45) is 0.253. The largest absolute Gasteiger partial charge is 0.348 e. The average molecular weight is 200 g/mol. The molecule has 2 heterocycles. The van der Waals surface area contributed by atoms with Crippen LogP contribution in [0.3, 0.4) is 0 Å². The number of hydrogen-bond acceptors (Lipinski definition) is 4. The van der Waals surface area contributed by atoms with E-state index >= 15 is 0 Å². The molecule has 4 heteroatoms. The van der Waals surface area contributed by atoms with Crippen LogP contribution in [0.25, 0.3) is 0 Å². The lowest BCUT2D eigenvalue weighted by atomic mass is 10.3. The maximum atomic E-state index is 5.77. The van der Waals surface area contributed by atoms with E-state index < -0.39 is 0 Å². The van der Waals surface area contributed by atoms with Gasteiger partial charge in [0.25, 0.3) is 0 Å². The molecular formula is C10H20N2O2. The summed E-state index contributed by atoms with van der Waals surface area (Å²) in [4.78, 5) is 2.44. The first-order valence-electron chi connectivity index (χ1n) is 5.40. The number of nitrogens with one attached hydrogen (secondary N) is 1. The Morgan fingerprint density at radius 2 is 2.07 bits per heavy atom. The van der Waals surface area contributed by atoms with Crippen LogP contribution in [0, 0.1) is 0 Å². The second-order valence-electron chi connectivity index (χ2n) is 4.50. The Kier molecular flexibility index (Phi) is 3.07.